The van der Waals surface area contributed by atoms with Gasteiger partial charge in [0.2, 0.25) is 5.91 Å². The lowest BCUT2D eigenvalue weighted by molar-refractivity contribution is -0.132. The van der Waals surface area contributed by atoms with Gasteiger partial charge in [-0.15, -0.1) is 0 Å². The molecule has 0 heterocycles. The lowest BCUT2D eigenvalue weighted by Crippen LogP contribution is -2.37. The summed E-state index contributed by atoms with van der Waals surface area (Å²) in [7, 11) is 1.80. The summed E-state index contributed by atoms with van der Waals surface area (Å²) in [5, 5.41) is 9.97. The molecule has 0 aromatic heterocycles. The molecule has 1 aromatic carbocycles. The molecule has 0 saturated heterocycles. The van der Waals surface area contributed by atoms with Crippen LogP contribution in [0.15, 0.2) is 24.3 Å². The van der Waals surface area contributed by atoms with Crippen molar-refractivity contribution >= 4 is 17.5 Å². The number of benzene rings is 1. The van der Waals surface area contributed by atoms with E-state index < -0.39 is 0 Å². The van der Waals surface area contributed by atoms with Crippen LogP contribution in [-0.4, -0.2) is 35.6 Å². The molecule has 3 nitrogen and oxygen atoms in total. The number of nitrogens with zero attached hydrogens (tertiary/aromatic N) is 1. The molecule has 1 fully saturated rings. The van der Waals surface area contributed by atoms with E-state index in [1.807, 2.05) is 24.3 Å². The van der Waals surface area contributed by atoms with Crippen LogP contribution in [0, 0.1) is 0 Å². The second kappa shape index (κ2) is 5.51. The molecule has 1 saturated carbocycles. The fourth-order valence-electron chi connectivity index (χ4n) is 2.38. The molecule has 0 radical (unpaired) electrons. The van der Waals surface area contributed by atoms with E-state index in [-0.39, 0.29) is 17.4 Å². The molecule has 104 valence electrons. The highest BCUT2D eigenvalue weighted by Crippen LogP contribution is 2.49. The second-order valence-corrected chi connectivity index (χ2v) is 5.89. The maximum absolute atomic E-state index is 12.6. The number of carbonyl (C=O) groups is 1. The van der Waals surface area contributed by atoms with Crippen LogP contribution in [0.2, 0.25) is 5.02 Å². The van der Waals surface area contributed by atoms with E-state index in [0.29, 0.717) is 18.0 Å². The van der Waals surface area contributed by atoms with Gasteiger partial charge in [-0.3, -0.25) is 4.79 Å². The van der Waals surface area contributed by atoms with Crippen molar-refractivity contribution in [1.82, 2.24) is 4.90 Å². The number of carbonyl (C=O) groups excluding carboxylic acids is 1. The molecule has 0 aliphatic heterocycles. The van der Waals surface area contributed by atoms with Crippen LogP contribution in [0.25, 0.3) is 0 Å². The molecule has 0 bridgehead atoms. The Morgan fingerprint density at radius 1 is 1.53 bits per heavy atom. The van der Waals surface area contributed by atoms with Gasteiger partial charge in [-0.05, 0) is 43.9 Å². The standard InChI is InChI=1S/C15H20ClNO2/c1-11(18)6-9-17(2)14(19)15(7-8-15)12-4-3-5-13(16)10-12/h3-5,10-11,18H,6-9H2,1-2H3. The lowest BCUT2D eigenvalue weighted by atomic mass is 9.94. The third-order valence-corrected chi connectivity index (χ3v) is 4.00. The predicted molar refractivity (Wildman–Crippen MR) is 76.3 cm³/mol. The van der Waals surface area contributed by atoms with E-state index in [0.717, 1.165) is 18.4 Å². The van der Waals surface area contributed by atoms with Crippen molar-refractivity contribution in [3.63, 3.8) is 0 Å². The highest BCUT2D eigenvalue weighted by atomic mass is 35.5. The number of amides is 1. The van der Waals surface area contributed by atoms with Crippen LogP contribution in [0.5, 0.6) is 0 Å². The van der Waals surface area contributed by atoms with Crippen molar-refractivity contribution in [1.29, 1.82) is 0 Å². The number of likely N-dealkylation sites (N-methyl/N-ethyl adjacent to an activating group) is 1. The highest BCUT2D eigenvalue weighted by Gasteiger charge is 2.52. The topological polar surface area (TPSA) is 40.5 Å². The summed E-state index contributed by atoms with van der Waals surface area (Å²) in [4.78, 5) is 14.3. The monoisotopic (exact) mass is 281 g/mol. The largest absolute Gasteiger partial charge is 0.393 e. The van der Waals surface area contributed by atoms with Gasteiger partial charge in [-0.1, -0.05) is 23.7 Å². The molecule has 19 heavy (non-hydrogen) atoms. The van der Waals surface area contributed by atoms with Crippen molar-refractivity contribution in [3.8, 4) is 0 Å². The Kier molecular flexibility index (Phi) is 4.16. The van der Waals surface area contributed by atoms with Crippen molar-refractivity contribution < 1.29 is 9.90 Å². The van der Waals surface area contributed by atoms with Gasteiger partial charge in [-0.25, -0.2) is 0 Å². The third kappa shape index (κ3) is 3.10. The Hall–Kier alpha value is -1.06. The third-order valence-electron chi connectivity index (χ3n) is 3.77. The average Bonchev–Trinajstić information content (AvgIpc) is 3.16. The minimum absolute atomic E-state index is 0.135. The zero-order valence-corrected chi connectivity index (χ0v) is 12.2. The van der Waals surface area contributed by atoms with Crippen LogP contribution in [0.3, 0.4) is 0 Å². The summed E-state index contributed by atoms with van der Waals surface area (Å²) in [5.41, 5.74) is 0.632. The van der Waals surface area contributed by atoms with Gasteiger partial charge in [0.05, 0.1) is 11.5 Å². The summed E-state index contributed by atoms with van der Waals surface area (Å²) in [6.45, 7) is 2.32. The zero-order valence-electron chi connectivity index (χ0n) is 11.4. The first kappa shape index (κ1) is 14.4. The molecule has 1 N–H and O–H groups in total. The molecule has 2 rings (SSSR count). The maximum Gasteiger partial charge on any atom is 0.232 e. The number of aliphatic hydroxyl groups excluding tert-OH is 1. The second-order valence-electron chi connectivity index (χ2n) is 5.46. The normalized spacial score (nSPS) is 17.9. The lowest BCUT2D eigenvalue weighted by Gasteiger charge is -2.24. The highest BCUT2D eigenvalue weighted by molar-refractivity contribution is 6.30. The van der Waals surface area contributed by atoms with Crippen LogP contribution in [0.4, 0.5) is 0 Å². The molecule has 1 aliphatic rings. The zero-order chi connectivity index (χ0) is 14.0. The van der Waals surface area contributed by atoms with E-state index in [2.05, 4.69) is 0 Å². The van der Waals surface area contributed by atoms with E-state index in [1.54, 1.807) is 18.9 Å². The number of aliphatic hydroxyl groups is 1. The molecule has 1 atom stereocenters. The summed E-state index contributed by atoms with van der Waals surface area (Å²) in [6.07, 6.45) is 1.99. The number of rotatable bonds is 5. The van der Waals surface area contributed by atoms with Crippen molar-refractivity contribution in [2.24, 2.45) is 0 Å². The molecule has 0 spiro atoms. The van der Waals surface area contributed by atoms with Crippen LogP contribution >= 0.6 is 11.6 Å². The first-order valence-corrected chi connectivity index (χ1v) is 7.03. The number of hydrogen-bond acceptors (Lipinski definition) is 2. The first-order chi connectivity index (χ1) is 8.95. The summed E-state index contributed by atoms with van der Waals surface area (Å²) in [6, 6.07) is 7.57. The summed E-state index contributed by atoms with van der Waals surface area (Å²) < 4.78 is 0. The Labute approximate surface area is 119 Å². The Balaban J connectivity index is 2.10. The van der Waals surface area contributed by atoms with Crippen molar-refractivity contribution in [2.75, 3.05) is 13.6 Å². The molecular weight excluding hydrogens is 262 g/mol. The van der Waals surface area contributed by atoms with Crippen molar-refractivity contribution in [3.05, 3.63) is 34.9 Å². The average molecular weight is 282 g/mol. The van der Waals surface area contributed by atoms with Gasteiger partial charge in [0.25, 0.3) is 0 Å². The van der Waals surface area contributed by atoms with Gasteiger partial charge < -0.3 is 10.0 Å². The molecular formula is C15H20ClNO2. The molecule has 1 aromatic rings. The smallest absolute Gasteiger partial charge is 0.232 e. The van der Waals surface area contributed by atoms with E-state index in [9.17, 15) is 9.90 Å². The van der Waals surface area contributed by atoms with E-state index in [1.165, 1.54) is 0 Å². The summed E-state index contributed by atoms with van der Waals surface area (Å²) >= 11 is 6.01. The molecule has 1 amide bonds. The SMILES string of the molecule is CC(O)CCN(C)C(=O)C1(c2cccc(Cl)c2)CC1. The van der Waals surface area contributed by atoms with Gasteiger partial charge >= 0.3 is 0 Å². The van der Waals surface area contributed by atoms with Crippen LogP contribution < -0.4 is 0 Å². The number of hydrogen-bond donors (Lipinski definition) is 1. The van der Waals surface area contributed by atoms with E-state index >= 15 is 0 Å². The quantitative estimate of drug-likeness (QED) is 0.901. The first-order valence-electron chi connectivity index (χ1n) is 6.65. The fraction of sp³-hybridized carbons (Fsp3) is 0.533. The molecule has 1 unspecified atom stereocenters. The Morgan fingerprint density at radius 2 is 2.21 bits per heavy atom. The number of halogens is 1. The van der Waals surface area contributed by atoms with Crippen LogP contribution in [0.1, 0.15) is 31.7 Å². The molecule has 1 aliphatic carbocycles. The Morgan fingerprint density at radius 3 is 2.74 bits per heavy atom. The predicted octanol–water partition coefficient (Wildman–Crippen LogP) is 2.60. The minimum Gasteiger partial charge on any atom is -0.393 e. The minimum atomic E-state index is -0.378. The molecule has 4 heteroatoms. The van der Waals surface area contributed by atoms with E-state index in [4.69, 9.17) is 11.6 Å². The van der Waals surface area contributed by atoms with Gasteiger partial charge in [0.1, 0.15) is 0 Å². The summed E-state index contributed by atoms with van der Waals surface area (Å²) in [5.74, 6) is 0.135. The fourth-order valence-corrected chi connectivity index (χ4v) is 2.57. The van der Waals surface area contributed by atoms with Gasteiger partial charge in [-0.2, -0.15) is 0 Å². The van der Waals surface area contributed by atoms with Crippen LogP contribution in [-0.2, 0) is 10.2 Å². The van der Waals surface area contributed by atoms with Crippen molar-refractivity contribution in [2.45, 2.75) is 37.7 Å². The van der Waals surface area contributed by atoms with Gasteiger partial charge in [0, 0.05) is 18.6 Å². The maximum atomic E-state index is 12.6. The van der Waals surface area contributed by atoms with Gasteiger partial charge in [0.15, 0.2) is 0 Å². The Bertz CT molecular complexity index is 469.